The van der Waals surface area contributed by atoms with Gasteiger partial charge in [-0.15, -0.1) is 0 Å². The lowest BCUT2D eigenvalue weighted by Crippen LogP contribution is -2.01. The van der Waals surface area contributed by atoms with Crippen LogP contribution in [-0.4, -0.2) is 18.2 Å². The molecular formula is C14H15Cl3NO3P. The topological polar surface area (TPSA) is 48.4 Å². The Balaban J connectivity index is 2.48. The molecule has 0 aliphatic heterocycles. The number of fused-ring (bicyclic) bond motifs is 1. The van der Waals surface area contributed by atoms with E-state index in [4.69, 9.17) is 43.9 Å². The molecule has 1 aromatic heterocycles. The van der Waals surface area contributed by atoms with Crippen molar-refractivity contribution in [1.82, 2.24) is 4.98 Å². The van der Waals surface area contributed by atoms with Crippen molar-refractivity contribution < 1.29 is 13.6 Å². The minimum absolute atomic E-state index is 0.0210. The Morgan fingerprint density at radius 2 is 1.73 bits per heavy atom. The number of benzene rings is 1. The molecule has 0 aliphatic carbocycles. The Kier molecular flexibility index (Phi) is 6.12. The van der Waals surface area contributed by atoms with Crippen molar-refractivity contribution >= 4 is 53.3 Å². The van der Waals surface area contributed by atoms with Crippen LogP contribution in [0.3, 0.4) is 0 Å². The standard InChI is InChI=1S/C14H15Cl3NO3P/c1-3-20-22(19,21-4-2)8-9-7-12(16)10-5-6-11(15)13(17)14(10)18-9/h5-7H,3-4,8H2,1-2H3. The van der Waals surface area contributed by atoms with E-state index in [1.54, 1.807) is 32.0 Å². The Morgan fingerprint density at radius 3 is 2.32 bits per heavy atom. The van der Waals surface area contributed by atoms with Gasteiger partial charge in [0.15, 0.2) is 0 Å². The second-order valence-corrected chi connectivity index (χ2v) is 7.70. The molecule has 0 amide bonds. The lowest BCUT2D eigenvalue weighted by Gasteiger charge is -2.17. The van der Waals surface area contributed by atoms with Gasteiger partial charge in [-0.25, -0.2) is 0 Å². The van der Waals surface area contributed by atoms with E-state index >= 15 is 0 Å². The lowest BCUT2D eigenvalue weighted by molar-refractivity contribution is 0.219. The SMILES string of the molecule is CCOP(=O)(Cc1cc(Cl)c2ccc(Cl)c(Cl)c2n1)OCC. The highest BCUT2D eigenvalue weighted by Gasteiger charge is 2.25. The van der Waals surface area contributed by atoms with Crippen LogP contribution in [-0.2, 0) is 19.8 Å². The first-order valence-corrected chi connectivity index (χ1v) is 9.57. The molecule has 0 atom stereocenters. The summed E-state index contributed by atoms with van der Waals surface area (Å²) in [5, 5.41) is 1.83. The number of halogens is 3. The van der Waals surface area contributed by atoms with E-state index in [9.17, 15) is 4.57 Å². The van der Waals surface area contributed by atoms with E-state index in [1.165, 1.54) is 0 Å². The number of rotatable bonds is 6. The monoisotopic (exact) mass is 381 g/mol. The molecule has 8 heteroatoms. The second kappa shape index (κ2) is 7.48. The van der Waals surface area contributed by atoms with Crippen LogP contribution in [0.1, 0.15) is 19.5 Å². The summed E-state index contributed by atoms with van der Waals surface area (Å²) in [5.41, 5.74) is 0.947. The lowest BCUT2D eigenvalue weighted by atomic mass is 10.2. The third kappa shape index (κ3) is 3.94. The molecule has 120 valence electrons. The average molecular weight is 383 g/mol. The molecule has 0 fully saturated rings. The number of aromatic nitrogens is 1. The number of hydrogen-bond acceptors (Lipinski definition) is 4. The molecule has 2 rings (SSSR count). The van der Waals surface area contributed by atoms with E-state index in [0.717, 1.165) is 0 Å². The predicted molar refractivity (Wildman–Crippen MR) is 91.3 cm³/mol. The molecule has 22 heavy (non-hydrogen) atoms. The zero-order valence-corrected chi connectivity index (χ0v) is 15.3. The molecule has 0 saturated carbocycles. The molecule has 1 aromatic carbocycles. The maximum atomic E-state index is 12.6. The van der Waals surface area contributed by atoms with Crippen LogP contribution in [0.5, 0.6) is 0 Å². The maximum absolute atomic E-state index is 12.6. The first kappa shape index (κ1) is 18.0. The molecule has 4 nitrogen and oxygen atoms in total. The van der Waals surface area contributed by atoms with Gasteiger partial charge in [0.05, 0.1) is 45.7 Å². The quantitative estimate of drug-likeness (QED) is 0.578. The largest absolute Gasteiger partial charge is 0.336 e. The molecule has 2 aromatic rings. The van der Waals surface area contributed by atoms with Crippen molar-refractivity contribution in [3.8, 4) is 0 Å². The highest BCUT2D eigenvalue weighted by atomic mass is 35.5. The van der Waals surface area contributed by atoms with E-state index in [-0.39, 0.29) is 19.4 Å². The summed E-state index contributed by atoms with van der Waals surface area (Å²) in [7, 11) is -3.26. The fourth-order valence-corrected chi connectivity index (χ4v) is 4.28. The van der Waals surface area contributed by atoms with Crippen LogP contribution in [0.4, 0.5) is 0 Å². The summed E-state index contributed by atoms with van der Waals surface area (Å²) in [5.74, 6) is 0. The van der Waals surface area contributed by atoms with Gasteiger partial charge in [-0.3, -0.25) is 9.55 Å². The van der Waals surface area contributed by atoms with Crippen LogP contribution < -0.4 is 0 Å². The Labute approximate surface area is 144 Å². The molecule has 1 heterocycles. The minimum Gasteiger partial charge on any atom is -0.309 e. The van der Waals surface area contributed by atoms with E-state index < -0.39 is 7.60 Å². The van der Waals surface area contributed by atoms with Gasteiger partial charge in [-0.2, -0.15) is 0 Å². The highest BCUT2D eigenvalue weighted by molar-refractivity contribution is 7.53. The zero-order valence-electron chi connectivity index (χ0n) is 12.1. The van der Waals surface area contributed by atoms with Crippen molar-refractivity contribution in [2.75, 3.05) is 13.2 Å². The van der Waals surface area contributed by atoms with Gasteiger partial charge in [-0.05, 0) is 32.0 Å². The van der Waals surface area contributed by atoms with Gasteiger partial charge in [0.1, 0.15) is 0 Å². The molecule has 0 spiro atoms. The van der Waals surface area contributed by atoms with Crippen molar-refractivity contribution in [2.45, 2.75) is 20.0 Å². The van der Waals surface area contributed by atoms with Crippen molar-refractivity contribution in [3.05, 3.63) is 39.0 Å². The fourth-order valence-electron chi connectivity index (χ4n) is 2.04. The van der Waals surface area contributed by atoms with Crippen LogP contribution in [0, 0.1) is 0 Å². The maximum Gasteiger partial charge on any atom is 0.336 e. The van der Waals surface area contributed by atoms with Gasteiger partial charge in [0.25, 0.3) is 0 Å². The molecule has 0 N–H and O–H groups in total. The molecule has 0 bridgehead atoms. The van der Waals surface area contributed by atoms with Crippen LogP contribution in [0.25, 0.3) is 10.9 Å². The van der Waals surface area contributed by atoms with Gasteiger partial charge >= 0.3 is 7.60 Å². The fraction of sp³-hybridized carbons (Fsp3) is 0.357. The van der Waals surface area contributed by atoms with Gasteiger partial charge in [0, 0.05) is 5.39 Å². The van der Waals surface area contributed by atoms with Crippen LogP contribution >= 0.6 is 42.4 Å². The van der Waals surface area contributed by atoms with Gasteiger partial charge < -0.3 is 9.05 Å². The second-order valence-electron chi connectivity index (χ2n) is 4.46. The Morgan fingerprint density at radius 1 is 1.09 bits per heavy atom. The summed E-state index contributed by atoms with van der Waals surface area (Å²) in [6.07, 6.45) is 0.0210. The van der Waals surface area contributed by atoms with Crippen molar-refractivity contribution in [2.24, 2.45) is 0 Å². The van der Waals surface area contributed by atoms with Crippen LogP contribution in [0.15, 0.2) is 18.2 Å². The summed E-state index contributed by atoms with van der Waals surface area (Å²) in [6.45, 7) is 4.07. The third-order valence-corrected chi connectivity index (χ3v) is 6.00. The molecule has 0 radical (unpaired) electrons. The Bertz CT molecular complexity index is 729. The molecule has 0 aliphatic rings. The van der Waals surface area contributed by atoms with E-state index in [2.05, 4.69) is 4.98 Å². The molecule has 0 unspecified atom stereocenters. The summed E-state index contributed by atoms with van der Waals surface area (Å²) < 4.78 is 23.1. The summed E-state index contributed by atoms with van der Waals surface area (Å²) in [4.78, 5) is 4.41. The average Bonchev–Trinajstić information content (AvgIpc) is 2.43. The minimum atomic E-state index is -3.26. The summed E-state index contributed by atoms with van der Waals surface area (Å²) >= 11 is 18.4. The van der Waals surface area contributed by atoms with E-state index in [1.807, 2.05) is 0 Å². The number of hydrogen-bond donors (Lipinski definition) is 0. The highest BCUT2D eigenvalue weighted by Crippen LogP contribution is 2.51. The van der Waals surface area contributed by atoms with Crippen molar-refractivity contribution in [1.29, 1.82) is 0 Å². The normalized spacial score (nSPS) is 12.0. The summed E-state index contributed by atoms with van der Waals surface area (Å²) in [6, 6.07) is 5.04. The smallest absolute Gasteiger partial charge is 0.309 e. The van der Waals surface area contributed by atoms with Crippen LogP contribution in [0.2, 0.25) is 15.1 Å². The predicted octanol–water partition coefficient (Wildman–Crippen LogP) is 5.96. The van der Waals surface area contributed by atoms with Crippen molar-refractivity contribution in [3.63, 3.8) is 0 Å². The first-order valence-electron chi connectivity index (χ1n) is 6.71. The number of pyridine rings is 1. The van der Waals surface area contributed by atoms with E-state index in [0.29, 0.717) is 31.7 Å². The molecular weight excluding hydrogens is 367 g/mol. The third-order valence-electron chi connectivity index (χ3n) is 2.88. The first-order chi connectivity index (χ1) is 10.4. The number of nitrogens with zero attached hydrogens (tertiary/aromatic N) is 1. The zero-order chi connectivity index (χ0) is 16.3. The molecule has 0 saturated heterocycles. The van der Waals surface area contributed by atoms with Gasteiger partial charge in [0.2, 0.25) is 0 Å². The van der Waals surface area contributed by atoms with Gasteiger partial charge in [-0.1, -0.05) is 34.8 Å². The Hall–Kier alpha value is -0.350.